The molecule has 0 fully saturated rings. The number of ketones is 2. The Balaban J connectivity index is 2.56. The second kappa shape index (κ2) is 5.07. The van der Waals surface area contributed by atoms with Crippen LogP contribution in [-0.2, 0) is 4.79 Å². The van der Waals surface area contributed by atoms with Crippen LogP contribution in [0.2, 0.25) is 0 Å². The molecule has 0 aromatic heterocycles. The summed E-state index contributed by atoms with van der Waals surface area (Å²) >= 11 is 0. The van der Waals surface area contributed by atoms with Gasteiger partial charge >= 0.3 is 6.18 Å². The van der Waals surface area contributed by atoms with Crippen molar-refractivity contribution < 1.29 is 27.2 Å². The maximum atomic E-state index is 12.5. The fourth-order valence-electron chi connectivity index (χ4n) is 1.15. The normalized spacial score (nSPS) is 11.3. The number of halogens is 4. The van der Waals surface area contributed by atoms with E-state index in [0.717, 1.165) is 24.3 Å². The SMILES string of the molecule is O=C(CCC(=O)C(F)(F)F)c1ccc(F)cc1. The molecule has 0 aliphatic heterocycles. The summed E-state index contributed by atoms with van der Waals surface area (Å²) in [4.78, 5) is 21.9. The minimum absolute atomic E-state index is 0.0846. The molecule has 0 unspecified atom stereocenters. The highest BCUT2D eigenvalue weighted by molar-refractivity contribution is 5.98. The first-order valence-corrected chi connectivity index (χ1v) is 4.69. The van der Waals surface area contributed by atoms with Crippen molar-refractivity contribution in [1.29, 1.82) is 0 Å². The Morgan fingerprint density at radius 2 is 1.53 bits per heavy atom. The van der Waals surface area contributed by atoms with Crippen LogP contribution >= 0.6 is 0 Å². The lowest BCUT2D eigenvalue weighted by Crippen LogP contribution is -2.23. The van der Waals surface area contributed by atoms with Crippen LogP contribution in [0.3, 0.4) is 0 Å². The van der Waals surface area contributed by atoms with Crippen LogP contribution in [0, 0.1) is 5.82 Å². The molecule has 0 amide bonds. The summed E-state index contributed by atoms with van der Waals surface area (Å²) in [5.74, 6) is -3.11. The molecule has 1 rings (SSSR count). The topological polar surface area (TPSA) is 34.1 Å². The second-order valence-electron chi connectivity index (χ2n) is 3.35. The maximum Gasteiger partial charge on any atom is 0.449 e. The molecule has 0 atom stereocenters. The molecule has 0 saturated heterocycles. The molecule has 6 heteroatoms. The van der Waals surface area contributed by atoms with Gasteiger partial charge in [0.1, 0.15) is 5.82 Å². The molecule has 2 nitrogen and oxygen atoms in total. The third-order valence-electron chi connectivity index (χ3n) is 2.06. The van der Waals surface area contributed by atoms with Crippen molar-refractivity contribution in [3.05, 3.63) is 35.6 Å². The molecule has 0 saturated carbocycles. The van der Waals surface area contributed by atoms with Crippen LogP contribution < -0.4 is 0 Å². The zero-order valence-corrected chi connectivity index (χ0v) is 8.55. The van der Waals surface area contributed by atoms with Gasteiger partial charge in [-0.2, -0.15) is 13.2 Å². The molecule has 0 aliphatic carbocycles. The Hall–Kier alpha value is -1.72. The van der Waals surface area contributed by atoms with E-state index in [-0.39, 0.29) is 5.56 Å². The fourth-order valence-corrected chi connectivity index (χ4v) is 1.15. The lowest BCUT2D eigenvalue weighted by Gasteiger charge is -2.04. The molecule has 0 N–H and O–H groups in total. The highest BCUT2D eigenvalue weighted by Gasteiger charge is 2.37. The van der Waals surface area contributed by atoms with E-state index < -0.39 is 36.4 Å². The van der Waals surface area contributed by atoms with Crippen molar-refractivity contribution in [2.24, 2.45) is 0 Å². The fraction of sp³-hybridized carbons (Fsp3) is 0.273. The molecule has 0 aliphatic rings. The highest BCUT2D eigenvalue weighted by Crippen LogP contribution is 2.19. The number of hydrogen-bond acceptors (Lipinski definition) is 2. The Labute approximate surface area is 94.2 Å². The first kappa shape index (κ1) is 13.3. The van der Waals surface area contributed by atoms with E-state index >= 15 is 0 Å². The third-order valence-corrected chi connectivity index (χ3v) is 2.06. The Kier molecular flexibility index (Phi) is 3.98. The zero-order valence-electron chi connectivity index (χ0n) is 8.55. The smallest absolute Gasteiger partial charge is 0.294 e. The van der Waals surface area contributed by atoms with Gasteiger partial charge in [0.05, 0.1) is 0 Å². The van der Waals surface area contributed by atoms with Crippen LogP contribution in [0.15, 0.2) is 24.3 Å². The van der Waals surface area contributed by atoms with Crippen molar-refractivity contribution in [2.45, 2.75) is 19.0 Å². The van der Waals surface area contributed by atoms with Crippen molar-refractivity contribution in [3.63, 3.8) is 0 Å². The van der Waals surface area contributed by atoms with Crippen LogP contribution in [0.5, 0.6) is 0 Å². The lowest BCUT2D eigenvalue weighted by molar-refractivity contribution is -0.170. The predicted molar refractivity (Wildman–Crippen MR) is 51.0 cm³/mol. The van der Waals surface area contributed by atoms with Gasteiger partial charge in [0.15, 0.2) is 5.78 Å². The molecular weight excluding hydrogens is 240 g/mol. The van der Waals surface area contributed by atoms with Crippen LogP contribution in [-0.4, -0.2) is 17.7 Å². The van der Waals surface area contributed by atoms with Crippen molar-refractivity contribution in [2.75, 3.05) is 0 Å². The Bertz CT molecular complexity index is 420. The van der Waals surface area contributed by atoms with E-state index in [1.165, 1.54) is 0 Å². The molecule has 0 radical (unpaired) electrons. The van der Waals surface area contributed by atoms with Gasteiger partial charge in [-0.1, -0.05) is 0 Å². The standard InChI is InChI=1S/C11H8F4O2/c12-8-3-1-7(2-4-8)9(16)5-6-10(17)11(13,14)15/h1-4H,5-6H2. The number of Topliss-reactive ketones (excluding diaryl/α,β-unsaturated/α-hetero) is 2. The Morgan fingerprint density at radius 3 is 2.00 bits per heavy atom. The van der Waals surface area contributed by atoms with Crippen molar-refractivity contribution in [3.8, 4) is 0 Å². The summed E-state index contributed by atoms with van der Waals surface area (Å²) in [6.45, 7) is 0. The largest absolute Gasteiger partial charge is 0.449 e. The molecule has 1 aromatic carbocycles. The number of carbonyl (C=O) groups excluding carboxylic acids is 2. The van der Waals surface area contributed by atoms with E-state index in [2.05, 4.69) is 0 Å². The average molecular weight is 248 g/mol. The van der Waals surface area contributed by atoms with Gasteiger partial charge in [0.2, 0.25) is 5.78 Å². The quantitative estimate of drug-likeness (QED) is 0.606. The minimum Gasteiger partial charge on any atom is -0.294 e. The molecule has 1 aromatic rings. The van der Waals surface area contributed by atoms with E-state index in [4.69, 9.17) is 0 Å². The molecule has 0 spiro atoms. The zero-order chi connectivity index (χ0) is 13.1. The van der Waals surface area contributed by atoms with Crippen LogP contribution in [0.1, 0.15) is 23.2 Å². The van der Waals surface area contributed by atoms with Crippen LogP contribution in [0.25, 0.3) is 0 Å². The molecular formula is C11H8F4O2. The van der Waals surface area contributed by atoms with Gasteiger partial charge < -0.3 is 0 Å². The molecule has 17 heavy (non-hydrogen) atoms. The summed E-state index contributed by atoms with van der Waals surface area (Å²) in [6.07, 6.45) is -6.34. The van der Waals surface area contributed by atoms with Gasteiger partial charge in [-0.15, -0.1) is 0 Å². The molecule has 0 bridgehead atoms. The van der Waals surface area contributed by atoms with Gasteiger partial charge in [0.25, 0.3) is 0 Å². The first-order valence-electron chi connectivity index (χ1n) is 4.69. The summed E-state index contributed by atoms with van der Waals surface area (Å²) in [5.41, 5.74) is 0.0846. The van der Waals surface area contributed by atoms with E-state index in [0.29, 0.717) is 0 Å². The summed E-state index contributed by atoms with van der Waals surface area (Å²) in [5, 5.41) is 0. The van der Waals surface area contributed by atoms with Crippen LogP contribution in [0.4, 0.5) is 17.6 Å². The minimum atomic E-state index is -4.91. The van der Waals surface area contributed by atoms with Gasteiger partial charge in [-0.25, -0.2) is 4.39 Å². The number of benzene rings is 1. The highest BCUT2D eigenvalue weighted by atomic mass is 19.4. The summed E-state index contributed by atoms with van der Waals surface area (Å²) < 4.78 is 48.0. The first-order chi connectivity index (χ1) is 7.80. The summed E-state index contributed by atoms with van der Waals surface area (Å²) in [6, 6.07) is 4.38. The number of hydrogen-bond donors (Lipinski definition) is 0. The van der Waals surface area contributed by atoms with E-state index in [1.54, 1.807) is 0 Å². The second-order valence-corrected chi connectivity index (χ2v) is 3.35. The monoisotopic (exact) mass is 248 g/mol. The summed E-state index contributed by atoms with van der Waals surface area (Å²) in [7, 11) is 0. The van der Waals surface area contributed by atoms with Crippen molar-refractivity contribution in [1.82, 2.24) is 0 Å². The number of alkyl halides is 3. The lowest BCUT2D eigenvalue weighted by atomic mass is 10.1. The van der Waals surface area contributed by atoms with Crippen molar-refractivity contribution >= 4 is 11.6 Å². The maximum absolute atomic E-state index is 12.5. The predicted octanol–water partition coefficient (Wildman–Crippen LogP) is 2.92. The number of rotatable bonds is 4. The Morgan fingerprint density at radius 1 is 1.00 bits per heavy atom. The number of carbonyl (C=O) groups is 2. The van der Waals surface area contributed by atoms with Gasteiger partial charge in [0, 0.05) is 18.4 Å². The molecule has 0 heterocycles. The molecule has 92 valence electrons. The van der Waals surface area contributed by atoms with E-state index in [9.17, 15) is 27.2 Å². The van der Waals surface area contributed by atoms with E-state index in [1.807, 2.05) is 0 Å². The van der Waals surface area contributed by atoms with Gasteiger partial charge in [-0.05, 0) is 24.3 Å². The van der Waals surface area contributed by atoms with Gasteiger partial charge in [-0.3, -0.25) is 9.59 Å². The third kappa shape index (κ3) is 3.97. The average Bonchev–Trinajstić information content (AvgIpc) is 2.25.